The second-order valence-corrected chi connectivity index (χ2v) is 15.8. The molecule has 5 rings (SSSR count). The number of hydrogen-bond acceptors (Lipinski definition) is 16. The van der Waals surface area contributed by atoms with Gasteiger partial charge in [-0.25, -0.2) is 9.78 Å². The molecule has 0 radical (unpaired) electrons. The fraction of sp³-hybridized carbons (Fsp3) is 0.452. The van der Waals surface area contributed by atoms with Crippen LogP contribution in [0.2, 0.25) is 0 Å². The average Bonchev–Trinajstić information content (AvgIpc) is 3.21. The Morgan fingerprint density at radius 1 is 0.767 bits per heavy atom. The van der Waals surface area contributed by atoms with Gasteiger partial charge in [-0.2, -0.15) is 0 Å². The molecule has 60 heavy (non-hydrogen) atoms. The summed E-state index contributed by atoms with van der Waals surface area (Å²) in [7, 11) is 0. The number of aromatic carboxylic acids is 1. The SMILES string of the molecule is CC(=O)OCC1OC(CC(=S)NCc2ccc(C3OC(CSc4ncccc4C(=O)O)C(C)C(c4ccc(CO)cc4)O3)cc2)C(OC(C)=O)C(OC(C)=O)C1OC(C)=O. The lowest BCUT2D eigenvalue weighted by molar-refractivity contribution is -0.268. The summed E-state index contributed by atoms with van der Waals surface area (Å²) in [4.78, 5) is 64.6. The fourth-order valence-corrected chi connectivity index (χ4v) is 8.26. The predicted molar refractivity (Wildman–Crippen MR) is 217 cm³/mol. The number of nitrogens with zero attached hydrogens (tertiary/aromatic N) is 1. The summed E-state index contributed by atoms with van der Waals surface area (Å²) < 4.78 is 41.0. The molecule has 3 heterocycles. The van der Waals surface area contributed by atoms with E-state index in [1.54, 1.807) is 12.3 Å². The Balaban J connectivity index is 1.29. The summed E-state index contributed by atoms with van der Waals surface area (Å²) in [5.41, 5.74) is 3.35. The van der Waals surface area contributed by atoms with E-state index < -0.39 is 66.7 Å². The first-order chi connectivity index (χ1) is 28.6. The van der Waals surface area contributed by atoms with Crippen molar-refractivity contribution in [2.24, 2.45) is 5.92 Å². The Kier molecular flexibility index (Phi) is 16.5. The van der Waals surface area contributed by atoms with Crippen LogP contribution in [0.5, 0.6) is 0 Å². The van der Waals surface area contributed by atoms with Gasteiger partial charge in [0.2, 0.25) is 0 Å². The zero-order valence-corrected chi connectivity index (χ0v) is 35.3. The number of rotatable bonds is 16. The maximum absolute atomic E-state index is 12.2. The van der Waals surface area contributed by atoms with Crippen LogP contribution in [0.1, 0.15) is 86.0 Å². The number of thioether (sulfide) groups is 1. The number of benzene rings is 2. The summed E-state index contributed by atoms with van der Waals surface area (Å²) in [5.74, 6) is -3.59. The number of carbonyl (C=O) groups excluding carboxylic acids is 4. The standard InChI is InChI=1S/C42H48N2O14S2/c1-22-34(21-60-40-31(41(50)51)7-6-16-43-40)57-42(58-36(22)29-12-10-28(19-45)11-13-29)30-14-8-27(9-15-30)18-44-35(59)17-32-37(53-24(3)47)39(55-26(5)49)38(54-25(4)48)33(56-32)20-52-23(2)46/h6-16,22,32-34,36-39,42,45H,17-21H2,1-5H3,(H,44,59)(H,50,51). The number of ether oxygens (including phenoxy) is 7. The van der Waals surface area contributed by atoms with Crippen LogP contribution >= 0.6 is 24.0 Å². The topological polar surface area (TPSA) is 215 Å². The Bertz CT molecular complexity index is 2000. The second-order valence-electron chi connectivity index (χ2n) is 14.3. The molecule has 322 valence electrons. The quantitative estimate of drug-likeness (QED) is 0.0764. The second kappa shape index (κ2) is 21.5. The van der Waals surface area contributed by atoms with Crippen LogP contribution in [0.15, 0.2) is 71.9 Å². The molecule has 0 amide bonds. The number of carboxylic acids is 1. The molecule has 0 bridgehead atoms. The minimum Gasteiger partial charge on any atom is -0.478 e. The van der Waals surface area contributed by atoms with Gasteiger partial charge in [-0.1, -0.05) is 67.7 Å². The minimum atomic E-state index is -1.30. The number of carboxylic acid groups (broad SMARTS) is 1. The molecule has 2 saturated heterocycles. The van der Waals surface area contributed by atoms with Crippen molar-refractivity contribution in [1.29, 1.82) is 0 Å². The monoisotopic (exact) mass is 868 g/mol. The number of aliphatic hydroxyl groups is 1. The minimum absolute atomic E-state index is 0.0129. The van der Waals surface area contributed by atoms with Gasteiger partial charge in [-0.05, 0) is 28.8 Å². The van der Waals surface area contributed by atoms with Crippen LogP contribution in [0, 0.1) is 5.92 Å². The lowest BCUT2D eigenvalue weighted by Gasteiger charge is -2.44. The molecular formula is C42H48N2O14S2. The molecule has 0 aliphatic carbocycles. The van der Waals surface area contributed by atoms with Crippen LogP contribution in [0.25, 0.3) is 0 Å². The highest BCUT2D eigenvalue weighted by atomic mass is 32.2. The summed E-state index contributed by atoms with van der Waals surface area (Å²) >= 11 is 6.98. The smallest absolute Gasteiger partial charge is 0.338 e. The van der Waals surface area contributed by atoms with Crippen molar-refractivity contribution in [1.82, 2.24) is 10.3 Å². The van der Waals surface area contributed by atoms with E-state index in [-0.39, 0.29) is 49.9 Å². The van der Waals surface area contributed by atoms with Crippen molar-refractivity contribution in [2.45, 2.75) is 108 Å². The normalized spacial score (nSPS) is 25.0. The molecule has 16 nitrogen and oxygen atoms in total. The third-order valence-electron chi connectivity index (χ3n) is 9.72. The van der Waals surface area contributed by atoms with Crippen molar-refractivity contribution in [3.63, 3.8) is 0 Å². The summed E-state index contributed by atoms with van der Waals surface area (Å²) in [5, 5.41) is 22.9. The number of aliphatic hydroxyl groups excluding tert-OH is 1. The van der Waals surface area contributed by atoms with Crippen molar-refractivity contribution in [3.8, 4) is 0 Å². The van der Waals surface area contributed by atoms with E-state index in [1.807, 2.05) is 55.5 Å². The van der Waals surface area contributed by atoms with Gasteiger partial charge in [0.25, 0.3) is 0 Å². The first-order valence-electron chi connectivity index (χ1n) is 19.1. The highest BCUT2D eigenvalue weighted by Crippen LogP contribution is 2.43. The zero-order chi connectivity index (χ0) is 43.5. The molecule has 0 saturated carbocycles. The van der Waals surface area contributed by atoms with Gasteiger partial charge in [-0.15, -0.1) is 11.8 Å². The number of thiocarbonyl (C=S) groups is 1. The van der Waals surface area contributed by atoms with Crippen LogP contribution in [-0.4, -0.2) is 99.0 Å². The van der Waals surface area contributed by atoms with Gasteiger partial charge in [0.15, 0.2) is 24.6 Å². The molecule has 9 atom stereocenters. The number of nitrogens with one attached hydrogen (secondary N) is 1. The highest BCUT2D eigenvalue weighted by Gasteiger charge is 2.52. The van der Waals surface area contributed by atoms with E-state index in [0.29, 0.717) is 15.8 Å². The molecule has 2 aliphatic heterocycles. The van der Waals surface area contributed by atoms with Crippen molar-refractivity contribution < 1.29 is 67.3 Å². The maximum Gasteiger partial charge on any atom is 0.338 e. The van der Waals surface area contributed by atoms with Gasteiger partial charge >= 0.3 is 29.8 Å². The lowest BCUT2D eigenvalue weighted by Crippen LogP contribution is -2.62. The Hall–Kier alpha value is -4.98. The van der Waals surface area contributed by atoms with Gasteiger partial charge in [0.1, 0.15) is 23.8 Å². The Labute approximate surface area is 356 Å². The average molecular weight is 869 g/mol. The first-order valence-corrected chi connectivity index (χ1v) is 20.5. The first kappa shape index (κ1) is 46.1. The highest BCUT2D eigenvalue weighted by molar-refractivity contribution is 7.99. The molecular weight excluding hydrogens is 821 g/mol. The van der Waals surface area contributed by atoms with Crippen molar-refractivity contribution in [2.75, 3.05) is 12.4 Å². The maximum atomic E-state index is 12.2. The largest absolute Gasteiger partial charge is 0.478 e. The molecule has 2 aromatic carbocycles. The lowest BCUT2D eigenvalue weighted by atomic mass is 9.91. The van der Waals surface area contributed by atoms with Gasteiger partial charge in [-0.3, -0.25) is 19.2 Å². The molecule has 3 N–H and O–H groups in total. The molecule has 1 aromatic heterocycles. The van der Waals surface area contributed by atoms with Crippen LogP contribution in [0.3, 0.4) is 0 Å². The number of aromatic nitrogens is 1. The van der Waals surface area contributed by atoms with Crippen LogP contribution < -0.4 is 5.32 Å². The molecule has 9 unspecified atom stereocenters. The third-order valence-corrected chi connectivity index (χ3v) is 11.1. The molecule has 2 aliphatic rings. The molecule has 3 aromatic rings. The zero-order valence-electron chi connectivity index (χ0n) is 33.6. The van der Waals surface area contributed by atoms with E-state index >= 15 is 0 Å². The fourth-order valence-electron chi connectivity index (χ4n) is 6.87. The number of esters is 4. The molecule has 0 spiro atoms. The molecule has 18 heteroatoms. The van der Waals surface area contributed by atoms with E-state index in [4.69, 9.17) is 45.4 Å². The predicted octanol–water partition coefficient (Wildman–Crippen LogP) is 4.79. The number of carbonyl (C=O) groups is 5. The van der Waals surface area contributed by atoms with E-state index in [2.05, 4.69) is 10.3 Å². The summed E-state index contributed by atoms with van der Waals surface area (Å²) in [6.45, 7) is 6.53. The van der Waals surface area contributed by atoms with Gasteiger partial charge in [0, 0.05) is 64.1 Å². The van der Waals surface area contributed by atoms with Crippen LogP contribution in [-0.2, 0) is 65.5 Å². The van der Waals surface area contributed by atoms with Crippen molar-refractivity contribution >= 4 is 58.8 Å². The number of hydrogen-bond donors (Lipinski definition) is 3. The van der Waals surface area contributed by atoms with Crippen LogP contribution in [0.4, 0.5) is 0 Å². The third kappa shape index (κ3) is 12.5. The van der Waals surface area contributed by atoms with E-state index in [1.165, 1.54) is 31.7 Å². The van der Waals surface area contributed by atoms with E-state index in [9.17, 15) is 34.2 Å². The molecule has 2 fully saturated rings. The summed E-state index contributed by atoms with van der Waals surface area (Å²) in [6.07, 6.45) is -5.88. The van der Waals surface area contributed by atoms with Gasteiger partial charge in [0.05, 0.1) is 29.4 Å². The Morgan fingerprint density at radius 3 is 1.97 bits per heavy atom. The number of pyridine rings is 1. The van der Waals surface area contributed by atoms with Crippen molar-refractivity contribution in [3.05, 3.63) is 94.7 Å². The summed E-state index contributed by atoms with van der Waals surface area (Å²) in [6, 6.07) is 18.1. The van der Waals surface area contributed by atoms with E-state index in [0.717, 1.165) is 36.1 Å². The Morgan fingerprint density at radius 2 is 1.37 bits per heavy atom. The van der Waals surface area contributed by atoms with Gasteiger partial charge < -0.3 is 48.7 Å².